The van der Waals surface area contributed by atoms with Crippen molar-refractivity contribution in [3.63, 3.8) is 0 Å². The van der Waals surface area contributed by atoms with Crippen molar-refractivity contribution in [1.82, 2.24) is 0 Å². The van der Waals surface area contributed by atoms with Crippen molar-refractivity contribution in [2.75, 3.05) is 55.9 Å². The molecule has 0 saturated heterocycles. The molecular weight excluding hydrogens is 416 g/mol. The third-order valence-corrected chi connectivity index (χ3v) is 5.90. The number of aliphatic hydroxyl groups is 2. The molecule has 2 N–H and O–H groups in total. The van der Waals surface area contributed by atoms with Crippen LogP contribution in [0.3, 0.4) is 0 Å². The molecule has 8 nitrogen and oxygen atoms in total. The van der Waals surface area contributed by atoms with E-state index in [4.69, 9.17) is 28.4 Å². The second-order valence-electron chi connectivity index (χ2n) is 7.23. The first-order chi connectivity index (χ1) is 15.5. The van der Waals surface area contributed by atoms with Gasteiger partial charge in [0.1, 0.15) is 11.5 Å². The highest BCUT2D eigenvalue weighted by atomic mass is 16.5. The van der Waals surface area contributed by atoms with E-state index < -0.39 is 11.8 Å². The van der Waals surface area contributed by atoms with Crippen molar-refractivity contribution < 1.29 is 38.6 Å². The molecule has 0 spiro atoms. The maximum atomic E-state index is 10.4. The number of fused-ring (bicyclic) bond motifs is 1. The molecule has 0 aliphatic heterocycles. The largest absolute Gasteiger partial charge is 0.496 e. The van der Waals surface area contributed by atoms with Gasteiger partial charge in [0.25, 0.3) is 0 Å². The highest BCUT2D eigenvalue weighted by molar-refractivity contribution is 5.76. The van der Waals surface area contributed by atoms with Crippen LogP contribution in [0.4, 0.5) is 0 Å². The summed E-state index contributed by atoms with van der Waals surface area (Å²) in [4.78, 5) is 0. The van der Waals surface area contributed by atoms with Crippen LogP contribution in [0.25, 0.3) is 6.08 Å². The summed E-state index contributed by atoms with van der Waals surface area (Å²) in [6.45, 7) is -0.440. The molecule has 174 valence electrons. The van der Waals surface area contributed by atoms with E-state index in [-0.39, 0.29) is 13.2 Å². The average Bonchev–Trinajstić information content (AvgIpc) is 2.85. The minimum absolute atomic E-state index is 0.212. The molecular formula is C24H30O8. The zero-order chi connectivity index (χ0) is 23.4. The van der Waals surface area contributed by atoms with Crippen LogP contribution in [-0.2, 0) is 0 Å². The number of benzene rings is 2. The van der Waals surface area contributed by atoms with Crippen LogP contribution < -0.4 is 28.4 Å². The van der Waals surface area contributed by atoms with Crippen LogP contribution in [0, 0.1) is 5.92 Å². The second kappa shape index (κ2) is 10.0. The van der Waals surface area contributed by atoms with Gasteiger partial charge in [-0.2, -0.15) is 0 Å². The maximum Gasteiger partial charge on any atom is 0.165 e. The smallest absolute Gasteiger partial charge is 0.165 e. The van der Waals surface area contributed by atoms with Gasteiger partial charge in [-0.1, -0.05) is 0 Å². The lowest BCUT2D eigenvalue weighted by molar-refractivity contribution is 0.212. The third kappa shape index (κ3) is 3.80. The lowest BCUT2D eigenvalue weighted by Crippen LogP contribution is -2.27. The van der Waals surface area contributed by atoms with Crippen LogP contribution >= 0.6 is 0 Å². The van der Waals surface area contributed by atoms with Gasteiger partial charge in [0.2, 0.25) is 0 Å². The predicted octanol–water partition coefficient (Wildman–Crippen LogP) is 2.87. The topological polar surface area (TPSA) is 95.8 Å². The number of ether oxygens (including phenoxy) is 6. The van der Waals surface area contributed by atoms with Gasteiger partial charge >= 0.3 is 0 Å². The molecule has 2 atom stereocenters. The molecule has 32 heavy (non-hydrogen) atoms. The van der Waals surface area contributed by atoms with Gasteiger partial charge < -0.3 is 38.6 Å². The second-order valence-corrected chi connectivity index (χ2v) is 7.23. The lowest BCUT2D eigenvalue weighted by atomic mass is 9.71. The van der Waals surface area contributed by atoms with Crippen LogP contribution in [0.5, 0.6) is 34.5 Å². The molecule has 2 aromatic rings. The Hall–Kier alpha value is -3.10. The van der Waals surface area contributed by atoms with E-state index in [1.54, 1.807) is 54.8 Å². The van der Waals surface area contributed by atoms with Gasteiger partial charge in [0.05, 0.1) is 55.9 Å². The molecule has 0 fully saturated rings. The Labute approximate surface area is 187 Å². The van der Waals surface area contributed by atoms with E-state index in [1.807, 2.05) is 12.1 Å². The average molecular weight is 446 g/mol. The summed E-state index contributed by atoms with van der Waals surface area (Å²) in [5.74, 6) is 2.21. The first-order valence-corrected chi connectivity index (χ1v) is 10.1. The molecule has 0 radical (unpaired) electrons. The Morgan fingerprint density at radius 3 is 1.75 bits per heavy atom. The number of rotatable bonds is 9. The van der Waals surface area contributed by atoms with Crippen LogP contribution in [0.15, 0.2) is 23.8 Å². The number of aliphatic hydroxyl groups excluding tert-OH is 2. The third-order valence-electron chi connectivity index (χ3n) is 5.90. The summed E-state index contributed by atoms with van der Waals surface area (Å²) in [6, 6.07) is 5.30. The van der Waals surface area contributed by atoms with Gasteiger partial charge in [0.15, 0.2) is 23.0 Å². The molecule has 1 aliphatic carbocycles. The van der Waals surface area contributed by atoms with Crippen molar-refractivity contribution in [3.05, 3.63) is 40.5 Å². The van der Waals surface area contributed by atoms with E-state index >= 15 is 0 Å². The lowest BCUT2D eigenvalue weighted by Gasteiger charge is -2.36. The minimum atomic E-state index is -0.462. The normalized spacial score (nSPS) is 17.2. The number of hydrogen-bond acceptors (Lipinski definition) is 8. The Balaban J connectivity index is 2.45. The summed E-state index contributed by atoms with van der Waals surface area (Å²) in [6.07, 6.45) is 1.83. The molecule has 8 heteroatoms. The predicted molar refractivity (Wildman–Crippen MR) is 120 cm³/mol. The minimum Gasteiger partial charge on any atom is -0.496 e. The summed E-state index contributed by atoms with van der Waals surface area (Å²) in [5.41, 5.74) is 2.89. The number of hydrogen-bond donors (Lipinski definition) is 2. The van der Waals surface area contributed by atoms with Crippen molar-refractivity contribution in [2.24, 2.45) is 5.92 Å². The van der Waals surface area contributed by atoms with Gasteiger partial charge in [-0.15, -0.1) is 0 Å². The van der Waals surface area contributed by atoms with Crippen LogP contribution in [0.2, 0.25) is 0 Å². The van der Waals surface area contributed by atoms with Gasteiger partial charge in [0, 0.05) is 40.7 Å². The van der Waals surface area contributed by atoms with E-state index in [2.05, 4.69) is 0 Å². The first kappa shape index (κ1) is 23.6. The molecule has 0 unspecified atom stereocenters. The van der Waals surface area contributed by atoms with Crippen molar-refractivity contribution in [3.8, 4) is 34.5 Å². The fraction of sp³-hybridized carbons (Fsp3) is 0.417. The maximum absolute atomic E-state index is 10.4. The molecule has 3 rings (SSSR count). The highest BCUT2D eigenvalue weighted by Gasteiger charge is 2.39. The summed E-state index contributed by atoms with van der Waals surface area (Å²) in [7, 11) is 9.35. The van der Waals surface area contributed by atoms with Gasteiger partial charge in [-0.05, 0) is 17.7 Å². The van der Waals surface area contributed by atoms with Gasteiger partial charge in [-0.3, -0.25) is 0 Å². The fourth-order valence-electron chi connectivity index (χ4n) is 4.40. The van der Waals surface area contributed by atoms with E-state index in [0.29, 0.717) is 40.1 Å². The van der Waals surface area contributed by atoms with Gasteiger partial charge in [-0.25, -0.2) is 0 Å². The zero-order valence-electron chi connectivity index (χ0n) is 19.2. The summed E-state index contributed by atoms with van der Waals surface area (Å²) in [5, 5.41) is 20.5. The molecule has 2 aromatic carbocycles. The standard InChI is InChI=1S/C24H30O8/c1-27-17-9-20(30-4)19(29-3)8-15(17)22-16(12-26)13(11-25)7-14-18(28-2)10-21(31-5)24(32-6)23(14)22/h7-10,16,22,25-26H,11-12H2,1-6H3/t16-,22+/m1/s1. The van der Waals surface area contributed by atoms with Crippen molar-refractivity contribution >= 4 is 6.08 Å². The first-order valence-electron chi connectivity index (χ1n) is 10.1. The van der Waals surface area contributed by atoms with Crippen LogP contribution in [0.1, 0.15) is 22.6 Å². The monoisotopic (exact) mass is 446 g/mol. The number of methoxy groups -OCH3 is 6. The molecule has 1 aliphatic rings. The molecule has 0 bridgehead atoms. The van der Waals surface area contributed by atoms with Crippen LogP contribution in [-0.4, -0.2) is 66.1 Å². The van der Waals surface area contributed by atoms with Crippen molar-refractivity contribution in [2.45, 2.75) is 5.92 Å². The molecule has 0 aromatic heterocycles. The fourth-order valence-corrected chi connectivity index (χ4v) is 4.40. The Morgan fingerprint density at radius 2 is 1.25 bits per heavy atom. The molecule has 0 amide bonds. The molecule has 0 saturated carbocycles. The SMILES string of the molecule is COc1cc(OC)c([C@@H]2c3c(c(OC)cc(OC)c3OC)C=C(CO)[C@H]2CO)cc1OC. The Kier molecular flexibility index (Phi) is 7.37. The zero-order valence-corrected chi connectivity index (χ0v) is 19.2. The highest BCUT2D eigenvalue weighted by Crippen LogP contribution is 2.54. The summed E-state index contributed by atoms with van der Waals surface area (Å²) >= 11 is 0. The Morgan fingerprint density at radius 1 is 0.688 bits per heavy atom. The van der Waals surface area contributed by atoms with E-state index in [0.717, 1.165) is 16.7 Å². The Bertz CT molecular complexity index is 998. The molecule has 0 heterocycles. The van der Waals surface area contributed by atoms with E-state index in [1.165, 1.54) is 0 Å². The van der Waals surface area contributed by atoms with Crippen molar-refractivity contribution in [1.29, 1.82) is 0 Å². The van der Waals surface area contributed by atoms with E-state index in [9.17, 15) is 10.2 Å². The summed E-state index contributed by atoms with van der Waals surface area (Å²) < 4.78 is 33.7. The quantitative estimate of drug-likeness (QED) is 0.607.